The highest BCUT2D eigenvalue weighted by Gasteiger charge is 1.99. The maximum Gasteiger partial charge on any atom is 0.145 e. The van der Waals surface area contributed by atoms with Crippen molar-refractivity contribution in [2.75, 3.05) is 7.05 Å². The Morgan fingerprint density at radius 3 is 2.85 bits per heavy atom. The van der Waals surface area contributed by atoms with Crippen molar-refractivity contribution in [1.82, 2.24) is 9.88 Å². The van der Waals surface area contributed by atoms with Crippen LogP contribution in [0.1, 0.15) is 12.6 Å². The Balaban J connectivity index is 2.06. The van der Waals surface area contributed by atoms with Crippen LogP contribution in [0.3, 0.4) is 0 Å². The van der Waals surface area contributed by atoms with Crippen LogP contribution in [0.15, 0.2) is 60.3 Å². The van der Waals surface area contributed by atoms with E-state index < -0.39 is 0 Å². The van der Waals surface area contributed by atoms with Crippen LogP contribution in [-0.4, -0.2) is 23.2 Å². The first-order valence-electron chi connectivity index (χ1n) is 6.54. The molecular weight excluding hydrogens is 248 g/mol. The fourth-order valence-corrected chi connectivity index (χ4v) is 1.89. The molecule has 3 heteroatoms. The molecule has 0 bridgehead atoms. The molecule has 0 aliphatic carbocycles. The van der Waals surface area contributed by atoms with Gasteiger partial charge in [-0.15, -0.1) is 0 Å². The molecule has 102 valence electrons. The van der Waals surface area contributed by atoms with Gasteiger partial charge in [-0.2, -0.15) is 0 Å². The van der Waals surface area contributed by atoms with E-state index in [1.807, 2.05) is 48.5 Å². The molecule has 0 saturated heterocycles. The van der Waals surface area contributed by atoms with Crippen LogP contribution in [0.5, 0.6) is 0 Å². The molecule has 20 heavy (non-hydrogen) atoms. The zero-order valence-corrected chi connectivity index (χ0v) is 11.8. The minimum atomic E-state index is 0.707. The van der Waals surface area contributed by atoms with Crippen molar-refractivity contribution in [2.45, 2.75) is 13.5 Å². The number of carbonyl (C=O) groups excluding carboxylic acids is 1. The molecule has 0 radical (unpaired) electrons. The highest BCUT2D eigenvalue weighted by molar-refractivity contribution is 5.78. The molecule has 0 unspecified atom stereocenters. The van der Waals surface area contributed by atoms with Gasteiger partial charge in [0.05, 0.1) is 17.8 Å². The molecule has 0 aliphatic heterocycles. The number of benzene rings is 1. The number of hydrogen-bond acceptors (Lipinski definition) is 3. The highest BCUT2D eigenvalue weighted by atomic mass is 16.1. The lowest BCUT2D eigenvalue weighted by molar-refractivity contribution is -0.104. The van der Waals surface area contributed by atoms with Crippen LogP contribution >= 0.6 is 0 Å². The molecule has 3 nitrogen and oxygen atoms in total. The van der Waals surface area contributed by atoms with Gasteiger partial charge in [0.1, 0.15) is 6.29 Å². The van der Waals surface area contributed by atoms with E-state index in [9.17, 15) is 4.79 Å². The summed E-state index contributed by atoms with van der Waals surface area (Å²) in [6.45, 7) is 2.51. The summed E-state index contributed by atoms with van der Waals surface area (Å²) >= 11 is 0. The van der Waals surface area contributed by atoms with Gasteiger partial charge < -0.3 is 4.90 Å². The molecule has 1 aromatic heterocycles. The number of aldehydes is 1. The van der Waals surface area contributed by atoms with Crippen molar-refractivity contribution in [3.8, 4) is 0 Å². The van der Waals surface area contributed by atoms with Crippen LogP contribution in [0.4, 0.5) is 0 Å². The highest BCUT2D eigenvalue weighted by Crippen LogP contribution is 2.12. The Labute approximate surface area is 119 Å². The van der Waals surface area contributed by atoms with Crippen molar-refractivity contribution in [3.63, 3.8) is 0 Å². The monoisotopic (exact) mass is 266 g/mol. The van der Waals surface area contributed by atoms with Gasteiger partial charge >= 0.3 is 0 Å². The quantitative estimate of drug-likeness (QED) is 0.473. The van der Waals surface area contributed by atoms with Gasteiger partial charge in [0.25, 0.3) is 0 Å². The van der Waals surface area contributed by atoms with E-state index in [1.165, 1.54) is 0 Å². The number of aromatic nitrogens is 1. The Morgan fingerprint density at radius 1 is 1.25 bits per heavy atom. The molecular formula is C17H18N2O. The Bertz CT molecular complexity index is 659. The Kier molecular flexibility index (Phi) is 4.66. The summed E-state index contributed by atoms with van der Waals surface area (Å²) in [6, 6.07) is 12.2. The van der Waals surface area contributed by atoms with Gasteiger partial charge in [-0.05, 0) is 36.9 Å². The molecule has 0 atom stereocenters. The summed E-state index contributed by atoms with van der Waals surface area (Å²) < 4.78 is 0. The van der Waals surface area contributed by atoms with Gasteiger partial charge in [-0.25, -0.2) is 0 Å². The van der Waals surface area contributed by atoms with E-state index in [0.717, 1.165) is 29.4 Å². The third-order valence-corrected chi connectivity index (χ3v) is 2.95. The first kappa shape index (κ1) is 14.0. The van der Waals surface area contributed by atoms with Gasteiger partial charge in [-0.3, -0.25) is 9.78 Å². The largest absolute Gasteiger partial charge is 0.375 e. The molecule has 0 saturated carbocycles. The number of fused-ring (bicyclic) bond motifs is 1. The van der Waals surface area contributed by atoms with Crippen LogP contribution in [-0.2, 0) is 11.3 Å². The second-order valence-electron chi connectivity index (χ2n) is 4.78. The fourth-order valence-electron chi connectivity index (χ4n) is 1.89. The maximum atomic E-state index is 10.5. The lowest BCUT2D eigenvalue weighted by Crippen LogP contribution is -2.10. The third kappa shape index (κ3) is 3.79. The fraction of sp³-hybridized carbons (Fsp3) is 0.176. The Hall–Kier alpha value is -2.42. The summed E-state index contributed by atoms with van der Waals surface area (Å²) in [5, 5.41) is 1.15. The first-order valence-corrected chi connectivity index (χ1v) is 6.54. The van der Waals surface area contributed by atoms with Crippen molar-refractivity contribution < 1.29 is 4.79 Å². The molecule has 2 rings (SSSR count). The second kappa shape index (κ2) is 6.66. The second-order valence-corrected chi connectivity index (χ2v) is 4.78. The van der Waals surface area contributed by atoms with Crippen molar-refractivity contribution in [1.29, 1.82) is 0 Å². The van der Waals surface area contributed by atoms with E-state index in [2.05, 4.69) is 17.1 Å². The lowest BCUT2D eigenvalue weighted by Gasteiger charge is -2.13. The predicted octanol–water partition coefficient (Wildman–Crippen LogP) is 3.33. The average molecular weight is 266 g/mol. The summed E-state index contributed by atoms with van der Waals surface area (Å²) in [7, 11) is 1.98. The molecule has 1 aromatic carbocycles. The Morgan fingerprint density at radius 2 is 2.05 bits per heavy atom. The van der Waals surface area contributed by atoms with E-state index in [0.29, 0.717) is 5.57 Å². The summed E-state index contributed by atoms with van der Waals surface area (Å²) in [6.07, 6.45) is 6.43. The minimum absolute atomic E-state index is 0.707. The number of pyridine rings is 1. The molecule has 1 heterocycles. The first-order chi connectivity index (χ1) is 9.69. The number of hydrogen-bond donors (Lipinski definition) is 0. The average Bonchev–Trinajstić information content (AvgIpc) is 2.47. The van der Waals surface area contributed by atoms with Gasteiger partial charge in [-0.1, -0.05) is 30.3 Å². The topological polar surface area (TPSA) is 33.2 Å². The molecule has 2 aromatic rings. The number of rotatable bonds is 5. The summed E-state index contributed by atoms with van der Waals surface area (Å²) in [5.74, 6) is 0. The molecule has 0 N–H and O–H groups in total. The number of nitrogens with zero attached hydrogens (tertiary/aromatic N) is 2. The van der Waals surface area contributed by atoms with E-state index in [1.54, 1.807) is 13.0 Å². The SMILES string of the molecule is C/C(C=O)=C/C=C\N(C)Cc1ccc2ccccc2n1. The summed E-state index contributed by atoms with van der Waals surface area (Å²) in [5.41, 5.74) is 2.74. The van der Waals surface area contributed by atoms with Crippen LogP contribution < -0.4 is 0 Å². The smallest absolute Gasteiger partial charge is 0.145 e. The van der Waals surface area contributed by atoms with Crippen molar-refractivity contribution in [2.24, 2.45) is 0 Å². The zero-order chi connectivity index (χ0) is 14.4. The van der Waals surface area contributed by atoms with E-state index >= 15 is 0 Å². The molecule has 0 aliphatic rings. The number of para-hydroxylation sites is 1. The van der Waals surface area contributed by atoms with Crippen LogP contribution in [0.2, 0.25) is 0 Å². The summed E-state index contributed by atoms with van der Waals surface area (Å²) in [4.78, 5) is 17.1. The maximum absolute atomic E-state index is 10.5. The van der Waals surface area contributed by atoms with Crippen molar-refractivity contribution in [3.05, 3.63) is 66.0 Å². The molecule has 0 fully saturated rings. The standard InChI is InChI=1S/C17H18N2O/c1-14(13-20)6-5-11-19(2)12-16-10-9-15-7-3-4-8-17(15)18-16/h3-11,13H,12H2,1-2H3/b11-5-,14-6-. The van der Waals surface area contributed by atoms with E-state index in [-0.39, 0.29) is 0 Å². The molecule has 0 amide bonds. The van der Waals surface area contributed by atoms with Gasteiger partial charge in [0.15, 0.2) is 0 Å². The normalized spacial score (nSPS) is 12.0. The van der Waals surface area contributed by atoms with E-state index in [4.69, 9.17) is 0 Å². The number of allylic oxidation sites excluding steroid dienone is 3. The number of carbonyl (C=O) groups is 1. The zero-order valence-electron chi connectivity index (χ0n) is 11.8. The van der Waals surface area contributed by atoms with Crippen LogP contribution in [0, 0.1) is 0 Å². The lowest BCUT2D eigenvalue weighted by atomic mass is 10.2. The van der Waals surface area contributed by atoms with Crippen molar-refractivity contribution >= 4 is 17.2 Å². The predicted molar refractivity (Wildman–Crippen MR) is 82.2 cm³/mol. The van der Waals surface area contributed by atoms with Gasteiger partial charge in [0.2, 0.25) is 0 Å². The van der Waals surface area contributed by atoms with Gasteiger partial charge in [0, 0.05) is 12.4 Å². The van der Waals surface area contributed by atoms with Crippen LogP contribution in [0.25, 0.3) is 10.9 Å². The minimum Gasteiger partial charge on any atom is -0.375 e. The molecule has 0 spiro atoms. The third-order valence-electron chi connectivity index (χ3n) is 2.95.